The lowest BCUT2D eigenvalue weighted by molar-refractivity contribution is -0.137. The molecule has 1 aliphatic rings. The van der Waals surface area contributed by atoms with Gasteiger partial charge in [-0.15, -0.1) is 0 Å². The number of nitriles is 1. The largest absolute Gasteiger partial charge is 0.462 e. The Labute approximate surface area is 217 Å². The predicted molar refractivity (Wildman–Crippen MR) is 141 cm³/mol. The third-order valence-electron chi connectivity index (χ3n) is 6.26. The molecule has 2 aromatic carbocycles. The maximum atomic E-state index is 13.5. The molecule has 0 aliphatic carbocycles. The van der Waals surface area contributed by atoms with Crippen molar-refractivity contribution in [3.05, 3.63) is 71.9 Å². The van der Waals surface area contributed by atoms with Crippen molar-refractivity contribution in [3.8, 4) is 23.0 Å². The predicted octanol–water partition coefficient (Wildman–Crippen LogP) is 4.68. The van der Waals surface area contributed by atoms with Crippen LogP contribution in [0.5, 0.6) is 0 Å². The quantitative estimate of drug-likeness (QED) is 0.256. The molecule has 0 saturated carbocycles. The summed E-state index contributed by atoms with van der Waals surface area (Å²) in [5.41, 5.74) is 2.09. The van der Waals surface area contributed by atoms with Gasteiger partial charge >= 0.3 is 5.97 Å². The molecule has 4 rings (SSSR count). The third-order valence-corrected chi connectivity index (χ3v) is 8.09. The number of para-hydroxylation sites is 1. The van der Waals surface area contributed by atoms with E-state index in [1.165, 1.54) is 6.08 Å². The lowest BCUT2D eigenvalue weighted by Crippen LogP contribution is -2.42. The van der Waals surface area contributed by atoms with Crippen LogP contribution in [0.1, 0.15) is 32.8 Å². The highest BCUT2D eigenvalue weighted by Gasteiger charge is 2.32. The van der Waals surface area contributed by atoms with Gasteiger partial charge in [-0.05, 0) is 55.5 Å². The number of esters is 1. The standard InChI is InChI=1S/C28H30N4O4S/c1-4-36-28(33)23(16-29)14-24-19-32(25-10-6-5-7-11-25)30-27(24)22-9-8-12-26(15-22)37(34,35)31-17-20(2)13-21(3)18-31/h5-12,14-15,19-21H,4,13,17-18H2,1-3H3. The van der Waals surface area contributed by atoms with Gasteiger partial charge in [0, 0.05) is 30.4 Å². The van der Waals surface area contributed by atoms with E-state index in [4.69, 9.17) is 9.84 Å². The van der Waals surface area contributed by atoms with Crippen LogP contribution in [0.2, 0.25) is 0 Å². The van der Waals surface area contributed by atoms with Crippen LogP contribution in [0.4, 0.5) is 0 Å². The van der Waals surface area contributed by atoms with Gasteiger partial charge in [-0.1, -0.05) is 44.2 Å². The Morgan fingerprint density at radius 2 is 1.84 bits per heavy atom. The molecule has 8 nitrogen and oxygen atoms in total. The number of aromatic nitrogens is 2. The Morgan fingerprint density at radius 3 is 2.49 bits per heavy atom. The van der Waals surface area contributed by atoms with E-state index in [2.05, 4.69) is 13.8 Å². The van der Waals surface area contributed by atoms with Crippen LogP contribution in [-0.2, 0) is 19.6 Å². The molecule has 1 aliphatic heterocycles. The van der Waals surface area contributed by atoms with E-state index in [-0.39, 0.29) is 28.9 Å². The zero-order valence-electron chi connectivity index (χ0n) is 21.2. The highest BCUT2D eigenvalue weighted by molar-refractivity contribution is 7.89. The molecule has 0 spiro atoms. The van der Waals surface area contributed by atoms with Crippen molar-refractivity contribution in [2.24, 2.45) is 11.8 Å². The number of sulfonamides is 1. The summed E-state index contributed by atoms with van der Waals surface area (Å²) >= 11 is 0. The van der Waals surface area contributed by atoms with Crippen LogP contribution in [-0.4, -0.2) is 48.2 Å². The highest BCUT2D eigenvalue weighted by Crippen LogP contribution is 2.31. The Morgan fingerprint density at radius 1 is 1.14 bits per heavy atom. The van der Waals surface area contributed by atoms with Gasteiger partial charge in [0.2, 0.25) is 10.0 Å². The van der Waals surface area contributed by atoms with Crippen molar-refractivity contribution < 1.29 is 17.9 Å². The topological polar surface area (TPSA) is 105 Å². The first-order valence-electron chi connectivity index (χ1n) is 12.3. The molecule has 1 aromatic heterocycles. The fourth-order valence-electron chi connectivity index (χ4n) is 4.69. The van der Waals surface area contributed by atoms with Crippen molar-refractivity contribution in [1.29, 1.82) is 5.26 Å². The van der Waals surface area contributed by atoms with Gasteiger partial charge in [0.25, 0.3) is 0 Å². The van der Waals surface area contributed by atoms with Crippen LogP contribution >= 0.6 is 0 Å². The number of ether oxygens (including phenoxy) is 1. The summed E-state index contributed by atoms with van der Waals surface area (Å²) < 4.78 is 35.3. The number of carbonyl (C=O) groups excluding carboxylic acids is 1. The van der Waals surface area contributed by atoms with E-state index in [1.54, 1.807) is 46.4 Å². The number of hydrogen-bond donors (Lipinski definition) is 0. The minimum atomic E-state index is -3.71. The van der Waals surface area contributed by atoms with Gasteiger partial charge in [0.15, 0.2) is 0 Å². The van der Waals surface area contributed by atoms with Crippen molar-refractivity contribution in [2.75, 3.05) is 19.7 Å². The Hall–Kier alpha value is -3.74. The zero-order chi connectivity index (χ0) is 26.6. The van der Waals surface area contributed by atoms with E-state index in [9.17, 15) is 18.5 Å². The molecule has 0 bridgehead atoms. The minimum Gasteiger partial charge on any atom is -0.462 e. The average molecular weight is 519 g/mol. The average Bonchev–Trinajstić information content (AvgIpc) is 3.31. The summed E-state index contributed by atoms with van der Waals surface area (Å²) in [4.78, 5) is 12.5. The van der Waals surface area contributed by atoms with Crippen molar-refractivity contribution in [1.82, 2.24) is 14.1 Å². The monoisotopic (exact) mass is 518 g/mol. The van der Waals surface area contributed by atoms with Crippen LogP contribution in [0.3, 0.4) is 0 Å². The number of benzene rings is 2. The molecule has 37 heavy (non-hydrogen) atoms. The van der Waals surface area contributed by atoms with E-state index < -0.39 is 16.0 Å². The number of nitrogens with zero attached hydrogens (tertiary/aromatic N) is 4. The number of hydrogen-bond acceptors (Lipinski definition) is 6. The van der Waals surface area contributed by atoms with Crippen LogP contribution in [0.15, 0.2) is 71.3 Å². The lowest BCUT2D eigenvalue weighted by atomic mass is 9.94. The van der Waals surface area contributed by atoms with Gasteiger partial charge < -0.3 is 4.74 Å². The second kappa shape index (κ2) is 11.1. The van der Waals surface area contributed by atoms with Crippen LogP contribution in [0.25, 0.3) is 23.0 Å². The summed E-state index contributed by atoms with van der Waals surface area (Å²) in [5.74, 6) is -0.160. The Balaban J connectivity index is 1.81. The van der Waals surface area contributed by atoms with Crippen LogP contribution in [0, 0.1) is 23.2 Å². The van der Waals surface area contributed by atoms with E-state index >= 15 is 0 Å². The molecule has 0 N–H and O–H groups in total. The highest BCUT2D eigenvalue weighted by atomic mass is 32.2. The summed E-state index contributed by atoms with van der Waals surface area (Å²) in [6.45, 7) is 6.92. The molecule has 2 heterocycles. The third kappa shape index (κ3) is 5.82. The molecule has 1 fully saturated rings. The summed E-state index contributed by atoms with van der Waals surface area (Å²) in [5, 5.41) is 14.3. The van der Waals surface area contributed by atoms with Gasteiger partial charge in [0.1, 0.15) is 17.3 Å². The molecule has 1 saturated heterocycles. The van der Waals surface area contributed by atoms with Crippen LogP contribution < -0.4 is 0 Å². The SMILES string of the molecule is CCOC(=O)C(C#N)=Cc1cn(-c2ccccc2)nc1-c1cccc(S(=O)(=O)N2CC(C)CC(C)C2)c1. The second-order valence-electron chi connectivity index (χ2n) is 9.40. The first kappa shape index (κ1) is 26.3. The second-order valence-corrected chi connectivity index (χ2v) is 11.3. The summed E-state index contributed by atoms with van der Waals surface area (Å²) in [7, 11) is -3.71. The maximum Gasteiger partial charge on any atom is 0.348 e. The van der Waals surface area contributed by atoms with Gasteiger partial charge in [-0.25, -0.2) is 17.9 Å². The van der Waals surface area contributed by atoms with Gasteiger partial charge in [-0.2, -0.15) is 14.7 Å². The molecule has 9 heteroatoms. The molecule has 0 amide bonds. The maximum absolute atomic E-state index is 13.5. The molecular weight excluding hydrogens is 488 g/mol. The molecule has 192 valence electrons. The minimum absolute atomic E-state index is 0.141. The normalized spacial score (nSPS) is 18.8. The fourth-order valence-corrected chi connectivity index (χ4v) is 6.41. The lowest BCUT2D eigenvalue weighted by Gasteiger charge is -2.34. The Bertz CT molecular complexity index is 1440. The van der Waals surface area contributed by atoms with E-state index in [1.807, 2.05) is 36.4 Å². The summed E-state index contributed by atoms with van der Waals surface area (Å²) in [6.07, 6.45) is 4.13. The van der Waals surface area contributed by atoms with E-state index in [0.29, 0.717) is 29.9 Å². The number of carbonyl (C=O) groups is 1. The summed E-state index contributed by atoms with van der Waals surface area (Å²) in [6, 6.07) is 17.9. The van der Waals surface area contributed by atoms with Gasteiger partial charge in [0.05, 0.1) is 17.2 Å². The van der Waals surface area contributed by atoms with Crippen molar-refractivity contribution in [3.63, 3.8) is 0 Å². The fraction of sp³-hybridized carbons (Fsp3) is 0.321. The first-order valence-corrected chi connectivity index (χ1v) is 13.7. The smallest absolute Gasteiger partial charge is 0.348 e. The molecule has 2 atom stereocenters. The van der Waals surface area contributed by atoms with E-state index in [0.717, 1.165) is 12.1 Å². The molecule has 3 aromatic rings. The first-order chi connectivity index (χ1) is 17.7. The molecule has 2 unspecified atom stereocenters. The molecule has 0 radical (unpaired) electrons. The van der Waals surface area contributed by atoms with Crippen molar-refractivity contribution in [2.45, 2.75) is 32.1 Å². The zero-order valence-corrected chi connectivity index (χ0v) is 22.0. The number of piperidine rings is 1. The van der Waals surface area contributed by atoms with Crippen molar-refractivity contribution >= 4 is 22.1 Å². The molecular formula is C28H30N4O4S. The Kier molecular flexibility index (Phi) is 7.91. The number of rotatable bonds is 7. The van der Waals surface area contributed by atoms with Gasteiger partial charge in [-0.3, -0.25) is 0 Å².